The van der Waals surface area contributed by atoms with Crippen LogP contribution in [0.15, 0.2) is 134 Å². The predicted molar refractivity (Wildman–Crippen MR) is 169 cm³/mol. The Kier molecular flexibility index (Phi) is 4.58. The van der Waals surface area contributed by atoms with Gasteiger partial charge in [0.2, 0.25) is 0 Å². The third-order valence-electron chi connectivity index (χ3n) is 8.16. The van der Waals surface area contributed by atoms with E-state index in [1.54, 1.807) is 0 Å². The lowest BCUT2D eigenvalue weighted by molar-refractivity contribution is 1.23. The van der Waals surface area contributed by atoms with E-state index >= 15 is 0 Å². The van der Waals surface area contributed by atoms with Gasteiger partial charge in [-0.2, -0.15) is 0 Å². The normalized spacial score (nSPS) is 11.9. The summed E-state index contributed by atoms with van der Waals surface area (Å²) in [6.45, 7) is 0. The molecule has 0 amide bonds. The first-order valence-electron chi connectivity index (χ1n) is 13.8. The summed E-state index contributed by atoms with van der Waals surface area (Å²) in [4.78, 5) is 15.6. The fourth-order valence-electron chi connectivity index (χ4n) is 6.27. The average molecular weight is 523 g/mol. The van der Waals surface area contributed by atoms with Crippen LogP contribution in [0.5, 0.6) is 0 Å². The highest BCUT2D eigenvalue weighted by atomic mass is 15.0. The first-order chi connectivity index (χ1) is 20.3. The number of hydrogen-bond acceptors (Lipinski definition) is 3. The van der Waals surface area contributed by atoms with Gasteiger partial charge in [0, 0.05) is 33.5 Å². The molecular weight excluding hydrogens is 500 g/mol. The predicted octanol–water partition coefficient (Wildman–Crippen LogP) is 9.22. The van der Waals surface area contributed by atoms with Gasteiger partial charge in [-0.25, -0.2) is 15.0 Å². The van der Waals surface area contributed by atoms with Gasteiger partial charge in [0.05, 0.1) is 33.5 Å². The van der Waals surface area contributed by atoms with Crippen LogP contribution in [0.2, 0.25) is 0 Å². The zero-order valence-corrected chi connectivity index (χ0v) is 22.0. The van der Waals surface area contributed by atoms with Crippen molar-refractivity contribution in [2.75, 3.05) is 0 Å². The highest BCUT2D eigenvalue weighted by Crippen LogP contribution is 2.39. The maximum Gasteiger partial charge on any atom is 0.137 e. The number of aromatic nitrogens is 4. The number of nitrogens with zero attached hydrogens (tertiary/aromatic N) is 4. The molecule has 0 atom stereocenters. The molecular formula is C37H22N4. The van der Waals surface area contributed by atoms with Crippen molar-refractivity contribution < 1.29 is 0 Å². The number of hydrogen-bond donors (Lipinski definition) is 0. The van der Waals surface area contributed by atoms with Gasteiger partial charge >= 0.3 is 0 Å². The van der Waals surface area contributed by atoms with Crippen LogP contribution in [0.1, 0.15) is 0 Å². The van der Waals surface area contributed by atoms with E-state index < -0.39 is 0 Å². The van der Waals surface area contributed by atoms with Gasteiger partial charge in [-0.05, 0) is 40.4 Å². The molecule has 0 aliphatic rings. The third kappa shape index (κ3) is 3.25. The first kappa shape index (κ1) is 22.2. The minimum absolute atomic E-state index is 0.879. The maximum absolute atomic E-state index is 5.36. The molecule has 9 rings (SSSR count). The molecule has 41 heavy (non-hydrogen) atoms. The van der Waals surface area contributed by atoms with Gasteiger partial charge in [-0.15, -0.1) is 0 Å². The van der Waals surface area contributed by atoms with Crippen LogP contribution in [0, 0.1) is 0 Å². The lowest BCUT2D eigenvalue weighted by atomic mass is 9.95. The maximum atomic E-state index is 5.36. The van der Waals surface area contributed by atoms with Crippen molar-refractivity contribution in [2.45, 2.75) is 0 Å². The van der Waals surface area contributed by atoms with Crippen molar-refractivity contribution in [2.24, 2.45) is 0 Å². The molecule has 0 aliphatic carbocycles. The molecule has 4 heteroatoms. The molecule has 0 N–H and O–H groups in total. The van der Waals surface area contributed by atoms with E-state index in [0.29, 0.717) is 0 Å². The fraction of sp³-hybridized carbons (Fsp3) is 0. The molecule has 0 bridgehead atoms. The highest BCUT2D eigenvalue weighted by Gasteiger charge is 2.18. The van der Waals surface area contributed by atoms with E-state index in [1.165, 1.54) is 16.2 Å². The molecule has 190 valence electrons. The van der Waals surface area contributed by atoms with Crippen LogP contribution >= 0.6 is 0 Å². The van der Waals surface area contributed by atoms with E-state index in [4.69, 9.17) is 15.0 Å². The molecule has 0 spiro atoms. The molecule has 0 radical (unpaired) electrons. The summed E-state index contributed by atoms with van der Waals surface area (Å²) in [5.41, 5.74) is 8.75. The van der Waals surface area contributed by atoms with Crippen LogP contribution in [0.4, 0.5) is 0 Å². The Morgan fingerprint density at radius 3 is 2.10 bits per heavy atom. The lowest BCUT2D eigenvalue weighted by Gasteiger charge is -2.14. The SMILES string of the molecule is c1ccc(-c2nc3ccc4ccccc4c3nc2-c2ccc3c(c2)c2ccccc2c2nc4ccccn4c32)cc1. The molecule has 3 aromatic heterocycles. The Morgan fingerprint density at radius 2 is 1.20 bits per heavy atom. The molecule has 0 saturated heterocycles. The van der Waals surface area contributed by atoms with Crippen molar-refractivity contribution >= 4 is 60.0 Å². The Morgan fingerprint density at radius 1 is 0.439 bits per heavy atom. The van der Waals surface area contributed by atoms with Crippen molar-refractivity contribution in [3.05, 3.63) is 134 Å². The summed E-state index contributed by atoms with van der Waals surface area (Å²) in [7, 11) is 0. The summed E-state index contributed by atoms with van der Waals surface area (Å²) in [6.07, 6.45) is 2.10. The lowest BCUT2D eigenvalue weighted by Crippen LogP contribution is -1.96. The molecule has 0 fully saturated rings. The van der Waals surface area contributed by atoms with Crippen molar-refractivity contribution in [3.8, 4) is 22.5 Å². The standard InChI is InChI=1S/C37H22N4/c1-2-11-24(12-3-1)33-34(40-35-26-13-5-4-10-23(26)18-20-31(35)38-33)25-17-19-29-30(22-25)27-14-6-7-15-28(27)36-37(29)41-21-9-8-16-32(41)39-36/h1-22H. The Labute approximate surface area is 235 Å². The van der Waals surface area contributed by atoms with E-state index in [-0.39, 0.29) is 0 Å². The number of benzene rings is 6. The fourth-order valence-corrected chi connectivity index (χ4v) is 6.27. The minimum Gasteiger partial charge on any atom is -0.299 e. The van der Waals surface area contributed by atoms with Crippen LogP contribution in [-0.2, 0) is 0 Å². The number of fused-ring (bicyclic) bond motifs is 11. The molecule has 4 nitrogen and oxygen atoms in total. The van der Waals surface area contributed by atoms with Crippen LogP contribution in [0.25, 0.3) is 82.5 Å². The molecule has 9 aromatic rings. The topological polar surface area (TPSA) is 43.1 Å². The molecule has 6 aromatic carbocycles. The number of pyridine rings is 1. The summed E-state index contributed by atoms with van der Waals surface area (Å²) in [5, 5.41) is 6.94. The number of imidazole rings is 1. The van der Waals surface area contributed by atoms with Crippen molar-refractivity contribution in [3.63, 3.8) is 0 Å². The van der Waals surface area contributed by atoms with E-state index in [9.17, 15) is 0 Å². The molecule has 0 saturated carbocycles. The largest absolute Gasteiger partial charge is 0.299 e. The minimum atomic E-state index is 0.879. The summed E-state index contributed by atoms with van der Waals surface area (Å²) in [6, 6.07) is 44.4. The average Bonchev–Trinajstić information content (AvgIpc) is 3.44. The van der Waals surface area contributed by atoms with Gasteiger partial charge < -0.3 is 0 Å². The van der Waals surface area contributed by atoms with E-state index in [0.717, 1.165) is 66.4 Å². The first-order valence-corrected chi connectivity index (χ1v) is 13.8. The van der Waals surface area contributed by atoms with E-state index in [1.807, 2.05) is 12.1 Å². The Balaban J connectivity index is 1.41. The highest BCUT2D eigenvalue weighted by molar-refractivity contribution is 6.24. The van der Waals surface area contributed by atoms with Crippen LogP contribution < -0.4 is 0 Å². The summed E-state index contributed by atoms with van der Waals surface area (Å²) in [5.74, 6) is 0. The molecule has 0 unspecified atom stereocenters. The van der Waals surface area contributed by atoms with Gasteiger partial charge in [-0.3, -0.25) is 4.40 Å². The van der Waals surface area contributed by atoms with Crippen LogP contribution in [0.3, 0.4) is 0 Å². The number of rotatable bonds is 2. The summed E-state index contributed by atoms with van der Waals surface area (Å²) >= 11 is 0. The zero-order chi connectivity index (χ0) is 26.9. The Hall–Kier alpha value is -5.61. The van der Waals surface area contributed by atoms with Gasteiger partial charge in [0.15, 0.2) is 0 Å². The molecule has 3 heterocycles. The third-order valence-corrected chi connectivity index (χ3v) is 8.16. The van der Waals surface area contributed by atoms with Gasteiger partial charge in [0.1, 0.15) is 5.65 Å². The Bertz CT molecular complexity index is 2470. The van der Waals surface area contributed by atoms with Crippen molar-refractivity contribution in [1.29, 1.82) is 0 Å². The second kappa shape index (κ2) is 8.44. The monoisotopic (exact) mass is 522 g/mol. The van der Waals surface area contributed by atoms with E-state index in [2.05, 4.69) is 126 Å². The molecule has 0 aliphatic heterocycles. The summed E-state index contributed by atoms with van der Waals surface area (Å²) < 4.78 is 2.20. The van der Waals surface area contributed by atoms with Crippen LogP contribution in [-0.4, -0.2) is 19.4 Å². The van der Waals surface area contributed by atoms with Gasteiger partial charge in [-0.1, -0.05) is 103 Å². The smallest absolute Gasteiger partial charge is 0.137 e. The van der Waals surface area contributed by atoms with Gasteiger partial charge in [0.25, 0.3) is 0 Å². The van der Waals surface area contributed by atoms with Crippen molar-refractivity contribution in [1.82, 2.24) is 19.4 Å². The second-order valence-electron chi connectivity index (χ2n) is 10.5. The zero-order valence-electron chi connectivity index (χ0n) is 22.0. The second-order valence-corrected chi connectivity index (χ2v) is 10.5. The quantitative estimate of drug-likeness (QED) is 0.213.